The highest BCUT2D eigenvalue weighted by Crippen LogP contribution is 2.53. The zero-order chi connectivity index (χ0) is 91.1. The summed E-state index contributed by atoms with van der Waals surface area (Å²) in [4.78, 5) is 58.4. The van der Waals surface area contributed by atoms with Crippen LogP contribution in [-0.2, 0) is 5.91 Å². The molecule has 1 radical (unpaired) electrons. The standard InChI is InChI=1S/C33H16N8.C32H18N8.8C5H12.BH3P/c1-2-10-18-17(9-1)25-34-27-19-11-3-4-12-20(19)29-36-31-23-15-7-8-16-24(23)32-37-30-22-14-6-5-13-21(22)28-35-26(18)38(25)33(39(27)29,40(28)30)41(31)32;1-2-10-18-17(9-1)25-33-26(18)38-28-21-13-5-6-14-22(21)30(35-28)40-32-24-16-8-7-15-23(24)31(36-32)39-29-20-12-4-3-11-19(20)27(34-29)37-25;8*1-5(2,3)4;1-2/h1-16H;1-16H,(H2,33,34,35,36,37,38,39,40);8*1-4H3;1H,2H2/q+2;;;;;;;;;;/i;;;;;;;;;;1T. The summed E-state index contributed by atoms with van der Waals surface area (Å²) < 4.78 is 15.4. The quantitative estimate of drug-likeness (QED) is 0.0868. The fourth-order valence-corrected chi connectivity index (χ4v) is 13.5. The number of fused-ring (bicyclic) bond motifs is 32. The van der Waals surface area contributed by atoms with Crippen LogP contribution >= 0.6 is 9.12 Å². The first-order valence-electron chi connectivity index (χ1n) is 43.7. The lowest BCUT2D eigenvalue weighted by Crippen LogP contribution is -2.71. The molecule has 16 nitrogen and oxygen atoms in total. The van der Waals surface area contributed by atoms with Gasteiger partial charge in [0.15, 0.2) is 23.3 Å². The lowest BCUT2D eigenvalue weighted by atomic mass is 10.0. The lowest BCUT2D eigenvalue weighted by Gasteiger charge is -2.40. The van der Waals surface area contributed by atoms with E-state index >= 15 is 0 Å². The van der Waals surface area contributed by atoms with Gasteiger partial charge in [-0.25, -0.2) is 29.9 Å². The van der Waals surface area contributed by atoms with Crippen LogP contribution in [0.25, 0.3) is 111 Å². The van der Waals surface area contributed by atoms with Gasteiger partial charge in [0.2, 0.25) is 22.6 Å². The number of hydrogen-bond acceptors (Lipinski definition) is 10. The first kappa shape index (κ1) is 91.2. The maximum atomic E-state index is 6.05. The molecular weight excluding hydrogens is 1530 g/mol. The van der Waals surface area contributed by atoms with E-state index in [1.807, 2.05) is 97.1 Å². The minimum absolute atomic E-state index is 0.500. The summed E-state index contributed by atoms with van der Waals surface area (Å²) in [6, 6.07) is 66.2. The summed E-state index contributed by atoms with van der Waals surface area (Å²) in [5, 5.41) is 8.15. The van der Waals surface area contributed by atoms with Crippen LogP contribution < -0.4 is 11.0 Å². The second-order valence-corrected chi connectivity index (χ2v) is 45.0. The summed E-state index contributed by atoms with van der Waals surface area (Å²) >= 11 is 0. The van der Waals surface area contributed by atoms with Crippen LogP contribution in [0.1, 0.15) is 244 Å². The zero-order valence-electron chi connectivity index (χ0n) is 80.4. The molecule has 2 N–H and O–H groups in total. The van der Waals surface area contributed by atoms with Crippen LogP contribution in [0.3, 0.4) is 0 Å². The third kappa shape index (κ3) is 22.0. The van der Waals surface area contributed by atoms with Gasteiger partial charge in [0, 0.05) is 65.3 Å². The molecule has 1 unspecified atom stereocenters. The number of aromatic amines is 2. The number of hydrogen-bond donors (Lipinski definition) is 2. The largest absolute Gasteiger partial charge is 0.404 e. The second kappa shape index (κ2) is 35.3. The molecule has 18 heteroatoms. The van der Waals surface area contributed by atoms with Gasteiger partial charge < -0.3 is 9.97 Å². The Morgan fingerprint density at radius 1 is 0.268 bits per heavy atom. The molecule has 21 rings (SSSR count). The molecular formula is C105H133BN16P+2. The van der Waals surface area contributed by atoms with Crippen molar-refractivity contribution in [3.63, 3.8) is 0 Å². The predicted molar refractivity (Wildman–Crippen MR) is 528 cm³/mol. The van der Waals surface area contributed by atoms with Gasteiger partial charge in [-0.2, -0.15) is 18.3 Å². The van der Waals surface area contributed by atoms with Gasteiger partial charge in [-0.05, 0) is 93.2 Å². The van der Waals surface area contributed by atoms with Crippen LogP contribution in [0, 0.1) is 43.3 Å². The summed E-state index contributed by atoms with van der Waals surface area (Å²) in [5.41, 5.74) is 16.6. The SMILES string of the molecule is CC(C)(C)C.CC(C)(C)C.CC(C)(C)C.CC(C)(C)C.CC(C)(C)C.CC(C)(C)C.CC(C)(C)C.CC(C)(C)C.[3H][B]P.c1ccc2c(c1)-c1nc-2nc2[nH]c(nc3nc(nc4[nH]c(n1)c1ccccc41)-c1ccccc1-3)c1ccccc21.c1ccc2c(c1)C1=Nc3c4ccccc4c4n3C35n6c(c7ccccc7c6=NC6=[N+]3C(=N4)c3ccccc36)=NC2=[N+]15. The molecule has 8 aliphatic rings. The smallest absolute Gasteiger partial charge is 0.324 e. The summed E-state index contributed by atoms with van der Waals surface area (Å²) in [7, 11) is 3.29. The molecule has 5 aromatic heterocycles. The van der Waals surface area contributed by atoms with Gasteiger partial charge in [0.25, 0.3) is 23.3 Å². The van der Waals surface area contributed by atoms with Crippen LogP contribution in [0.15, 0.2) is 214 Å². The highest BCUT2D eigenvalue weighted by Gasteiger charge is 2.69. The van der Waals surface area contributed by atoms with Crippen molar-refractivity contribution in [3.05, 3.63) is 227 Å². The van der Waals surface area contributed by atoms with Crippen molar-refractivity contribution in [3.8, 4) is 45.6 Å². The molecule has 0 saturated heterocycles. The van der Waals surface area contributed by atoms with Crippen molar-refractivity contribution in [2.24, 2.45) is 63.3 Å². The van der Waals surface area contributed by atoms with Crippen LogP contribution in [0.4, 0.5) is 11.6 Å². The van der Waals surface area contributed by atoms with Gasteiger partial charge in [-0.1, -0.05) is 387 Å². The molecule has 0 amide bonds. The highest BCUT2D eigenvalue weighted by molar-refractivity contribution is 7.49. The lowest BCUT2D eigenvalue weighted by molar-refractivity contribution is -0.790. The minimum Gasteiger partial charge on any atom is -0.324 e. The summed E-state index contributed by atoms with van der Waals surface area (Å²) in [6.07, 6.45) is 0. The topological polar surface area (TPSA) is 174 Å². The number of amidine groups is 4. The van der Waals surface area contributed by atoms with Crippen molar-refractivity contribution in [1.29, 1.82) is 1.34 Å². The van der Waals surface area contributed by atoms with E-state index in [0.717, 1.165) is 134 Å². The summed E-state index contributed by atoms with van der Waals surface area (Å²) in [5.74, 6) is 6.85. The first-order chi connectivity index (χ1) is 57.6. The van der Waals surface area contributed by atoms with Crippen LogP contribution in [0.5, 0.6) is 0 Å². The Morgan fingerprint density at radius 2 is 0.463 bits per heavy atom. The molecule has 8 aliphatic heterocycles. The number of aliphatic imine (C=N–C) groups is 2. The van der Waals surface area contributed by atoms with Gasteiger partial charge in [-0.3, -0.25) is 0 Å². The average Bonchev–Trinajstić information content (AvgIpc) is 1.46. The molecule has 1 spiro atoms. The van der Waals surface area contributed by atoms with Crippen molar-refractivity contribution < 1.29 is 9.15 Å². The van der Waals surface area contributed by atoms with E-state index in [9.17, 15) is 0 Å². The molecule has 0 aliphatic carbocycles. The molecule has 639 valence electrons. The van der Waals surface area contributed by atoms with E-state index in [1.165, 1.54) is 7.53 Å². The Bertz CT molecular complexity index is 5940. The second-order valence-electron chi connectivity index (χ2n) is 45.0. The first-order valence-corrected chi connectivity index (χ1v) is 43.8. The highest BCUT2D eigenvalue weighted by atomic mass is 31.0. The molecule has 123 heavy (non-hydrogen) atoms. The Morgan fingerprint density at radius 3 is 0.699 bits per heavy atom. The number of aromatic nitrogens is 10. The Balaban J connectivity index is 0.000000166. The van der Waals surface area contributed by atoms with Crippen molar-refractivity contribution in [2.45, 2.75) is 227 Å². The molecule has 8 bridgehead atoms. The Kier molecular flexibility index (Phi) is 26.2. The molecule has 0 saturated carbocycles. The van der Waals surface area contributed by atoms with E-state index in [4.69, 9.17) is 51.2 Å². The monoisotopic (exact) mass is 1660 g/mol. The number of nitrogens with one attached hydrogen (secondary N) is 2. The van der Waals surface area contributed by atoms with E-state index in [1.54, 1.807) is 0 Å². The van der Waals surface area contributed by atoms with Crippen molar-refractivity contribution in [1.82, 2.24) is 49.0 Å². The fourth-order valence-electron chi connectivity index (χ4n) is 13.5. The Labute approximate surface area is 736 Å². The van der Waals surface area contributed by atoms with Gasteiger partial charge in [0.1, 0.15) is 30.1 Å². The normalized spacial score (nSPS) is 14.1. The van der Waals surface area contributed by atoms with Gasteiger partial charge in [0.05, 0.1) is 22.3 Å². The third-order valence-electron chi connectivity index (χ3n) is 16.8. The van der Waals surface area contributed by atoms with E-state index in [0.29, 0.717) is 89.2 Å². The Hall–Kier alpha value is -11.0. The fraction of sp³-hybridized carbons (Fsp3) is 0.390. The molecule has 13 heterocycles. The molecule has 8 aromatic carbocycles. The number of benzene rings is 8. The molecule has 13 aromatic rings. The van der Waals surface area contributed by atoms with E-state index in [-0.39, 0.29) is 0 Å². The maximum absolute atomic E-state index is 6.05. The number of nitrogens with zero attached hydrogens (tertiary/aromatic N) is 14. The molecule has 1 atom stereocenters. The van der Waals surface area contributed by atoms with Crippen LogP contribution in [-0.4, -0.2) is 90.4 Å². The number of H-pyrrole nitrogens is 2. The predicted octanol–water partition coefficient (Wildman–Crippen LogP) is 26.7. The van der Waals surface area contributed by atoms with Gasteiger partial charge in [-0.15, -0.1) is 9.15 Å². The maximum Gasteiger partial charge on any atom is 0.404 e. The average molecular weight is 1660 g/mol. The van der Waals surface area contributed by atoms with Gasteiger partial charge >= 0.3 is 5.91 Å². The minimum atomic E-state index is -0.923. The zero-order valence-corrected chi connectivity index (χ0v) is 80.5. The van der Waals surface area contributed by atoms with E-state index in [2.05, 4.69) is 356 Å². The van der Waals surface area contributed by atoms with Crippen molar-refractivity contribution in [2.75, 3.05) is 0 Å². The van der Waals surface area contributed by atoms with Crippen molar-refractivity contribution >= 4 is 117 Å². The van der Waals surface area contributed by atoms with Crippen LogP contribution in [0.2, 0.25) is 0 Å². The number of rotatable bonds is 0. The summed E-state index contributed by atoms with van der Waals surface area (Å²) in [6.45, 7) is 70.0. The van der Waals surface area contributed by atoms with E-state index < -0.39 is 5.91 Å². The third-order valence-corrected chi connectivity index (χ3v) is 16.8. The molecule has 0 fully saturated rings.